The molecule has 1 fully saturated rings. The minimum absolute atomic E-state index is 0.426. The Morgan fingerprint density at radius 1 is 1.28 bits per heavy atom. The van der Waals surface area contributed by atoms with Crippen molar-refractivity contribution in [3.8, 4) is 0 Å². The zero-order valence-corrected chi connectivity index (χ0v) is 12.0. The van der Waals surface area contributed by atoms with Gasteiger partial charge in [0.1, 0.15) is 5.82 Å². The maximum absolute atomic E-state index is 5.76. The van der Waals surface area contributed by atoms with E-state index >= 15 is 0 Å². The quantitative estimate of drug-likeness (QED) is 0.828. The van der Waals surface area contributed by atoms with E-state index in [0.29, 0.717) is 5.41 Å². The normalized spacial score (nSPS) is 18.1. The number of rotatable bonds is 1. The van der Waals surface area contributed by atoms with Gasteiger partial charge in [-0.15, -0.1) is 0 Å². The smallest absolute Gasteiger partial charge is 0.131 e. The van der Waals surface area contributed by atoms with Crippen LogP contribution >= 0.6 is 0 Å². The first-order chi connectivity index (χ1) is 8.38. The molecule has 1 aliphatic rings. The molecule has 1 saturated heterocycles. The van der Waals surface area contributed by atoms with Gasteiger partial charge in [0, 0.05) is 13.1 Å². The molecular formula is C15H25N3. The van der Waals surface area contributed by atoms with Crippen molar-refractivity contribution in [1.82, 2.24) is 4.98 Å². The molecule has 0 aliphatic carbocycles. The van der Waals surface area contributed by atoms with Gasteiger partial charge in [0.2, 0.25) is 0 Å². The number of nitrogen functional groups attached to an aromatic ring is 1. The molecule has 100 valence electrons. The van der Waals surface area contributed by atoms with Crippen LogP contribution in [0.1, 0.15) is 39.2 Å². The van der Waals surface area contributed by atoms with E-state index in [1.165, 1.54) is 18.4 Å². The number of hydrogen-bond donors (Lipinski definition) is 1. The standard InChI is InChI=1S/C15H25N3/c1-11-9-13(16)10-17-14(11)18-7-5-12(6-8-18)15(2,3)4/h9-10,12H,5-8,16H2,1-4H3. The Kier molecular flexibility index (Phi) is 3.51. The monoisotopic (exact) mass is 247 g/mol. The van der Waals surface area contributed by atoms with Gasteiger partial charge in [-0.2, -0.15) is 0 Å². The molecule has 18 heavy (non-hydrogen) atoms. The van der Waals surface area contributed by atoms with Crippen LogP contribution in [0, 0.1) is 18.3 Å². The Balaban J connectivity index is 2.06. The zero-order valence-electron chi connectivity index (χ0n) is 12.0. The second-order valence-corrected chi connectivity index (χ2v) is 6.54. The summed E-state index contributed by atoms with van der Waals surface area (Å²) in [6, 6.07) is 2.01. The van der Waals surface area contributed by atoms with Crippen molar-refractivity contribution >= 4 is 11.5 Å². The number of aryl methyl sites for hydroxylation is 1. The van der Waals surface area contributed by atoms with Crippen molar-refractivity contribution in [2.45, 2.75) is 40.5 Å². The lowest BCUT2D eigenvalue weighted by Crippen LogP contribution is -2.38. The maximum Gasteiger partial charge on any atom is 0.131 e. The van der Waals surface area contributed by atoms with E-state index < -0.39 is 0 Å². The number of piperidine rings is 1. The zero-order chi connectivity index (χ0) is 13.3. The third-order valence-corrected chi connectivity index (χ3v) is 4.09. The third kappa shape index (κ3) is 2.77. The second-order valence-electron chi connectivity index (χ2n) is 6.54. The Bertz CT molecular complexity index is 412. The summed E-state index contributed by atoms with van der Waals surface area (Å²) in [5, 5.41) is 0. The highest BCUT2D eigenvalue weighted by Gasteiger charge is 2.29. The molecule has 0 atom stereocenters. The number of nitrogens with two attached hydrogens (primary N) is 1. The molecule has 0 bridgehead atoms. The molecule has 0 unspecified atom stereocenters. The second kappa shape index (κ2) is 4.79. The summed E-state index contributed by atoms with van der Waals surface area (Å²) in [4.78, 5) is 6.89. The van der Waals surface area contributed by atoms with E-state index in [9.17, 15) is 0 Å². The van der Waals surface area contributed by atoms with Crippen LogP contribution in [0.2, 0.25) is 0 Å². The van der Waals surface area contributed by atoms with Gasteiger partial charge in [-0.05, 0) is 42.7 Å². The van der Waals surface area contributed by atoms with Crippen molar-refractivity contribution in [1.29, 1.82) is 0 Å². The fourth-order valence-corrected chi connectivity index (χ4v) is 2.88. The van der Waals surface area contributed by atoms with Crippen molar-refractivity contribution < 1.29 is 0 Å². The van der Waals surface area contributed by atoms with Crippen molar-refractivity contribution in [2.24, 2.45) is 11.3 Å². The maximum atomic E-state index is 5.76. The molecule has 0 spiro atoms. The highest BCUT2D eigenvalue weighted by atomic mass is 15.2. The van der Waals surface area contributed by atoms with Gasteiger partial charge in [0.05, 0.1) is 11.9 Å². The van der Waals surface area contributed by atoms with Crippen LogP contribution in [0.3, 0.4) is 0 Å². The van der Waals surface area contributed by atoms with Crippen molar-refractivity contribution in [3.05, 3.63) is 17.8 Å². The summed E-state index contributed by atoms with van der Waals surface area (Å²) >= 11 is 0. The summed E-state index contributed by atoms with van der Waals surface area (Å²) in [6.07, 6.45) is 4.28. The molecule has 1 aromatic rings. The average molecular weight is 247 g/mol. The van der Waals surface area contributed by atoms with Gasteiger partial charge in [0.15, 0.2) is 0 Å². The Morgan fingerprint density at radius 2 is 1.89 bits per heavy atom. The van der Waals surface area contributed by atoms with Crippen LogP contribution in [-0.4, -0.2) is 18.1 Å². The Labute approximate surface area is 110 Å². The Morgan fingerprint density at radius 3 is 2.39 bits per heavy atom. The molecule has 1 aromatic heterocycles. The number of aromatic nitrogens is 1. The molecule has 2 rings (SSSR count). The van der Waals surface area contributed by atoms with Crippen LogP contribution < -0.4 is 10.6 Å². The minimum Gasteiger partial charge on any atom is -0.397 e. The molecule has 0 aromatic carbocycles. The molecule has 2 heterocycles. The third-order valence-electron chi connectivity index (χ3n) is 4.09. The van der Waals surface area contributed by atoms with Crippen LogP contribution in [0.5, 0.6) is 0 Å². The average Bonchev–Trinajstić information content (AvgIpc) is 2.28. The first-order valence-electron chi connectivity index (χ1n) is 6.85. The fourth-order valence-electron chi connectivity index (χ4n) is 2.88. The van der Waals surface area contributed by atoms with E-state index in [1.54, 1.807) is 6.20 Å². The lowest BCUT2D eigenvalue weighted by atomic mass is 9.75. The molecule has 3 heteroatoms. The minimum atomic E-state index is 0.426. The number of hydrogen-bond acceptors (Lipinski definition) is 3. The molecule has 1 aliphatic heterocycles. The van der Waals surface area contributed by atoms with Gasteiger partial charge < -0.3 is 10.6 Å². The SMILES string of the molecule is Cc1cc(N)cnc1N1CCC(C(C)(C)C)CC1. The predicted molar refractivity (Wildman–Crippen MR) is 77.8 cm³/mol. The highest BCUT2D eigenvalue weighted by Crippen LogP contribution is 2.35. The summed E-state index contributed by atoms with van der Waals surface area (Å²) < 4.78 is 0. The van der Waals surface area contributed by atoms with E-state index in [-0.39, 0.29) is 0 Å². The van der Waals surface area contributed by atoms with Gasteiger partial charge in [-0.25, -0.2) is 4.98 Å². The lowest BCUT2D eigenvalue weighted by molar-refractivity contribution is 0.198. The topological polar surface area (TPSA) is 42.1 Å². The number of nitrogens with zero attached hydrogens (tertiary/aromatic N) is 2. The van der Waals surface area contributed by atoms with Crippen LogP contribution in [0.25, 0.3) is 0 Å². The van der Waals surface area contributed by atoms with Crippen molar-refractivity contribution in [2.75, 3.05) is 23.7 Å². The Hall–Kier alpha value is -1.25. The van der Waals surface area contributed by atoms with Crippen LogP contribution in [-0.2, 0) is 0 Å². The van der Waals surface area contributed by atoms with Gasteiger partial charge in [-0.1, -0.05) is 20.8 Å². The summed E-state index contributed by atoms with van der Waals surface area (Å²) in [6.45, 7) is 11.4. The first-order valence-corrected chi connectivity index (χ1v) is 6.85. The lowest BCUT2D eigenvalue weighted by Gasteiger charge is -2.39. The van der Waals surface area contributed by atoms with E-state index in [2.05, 4.69) is 37.6 Å². The molecule has 0 amide bonds. The predicted octanol–water partition coefficient (Wildman–Crippen LogP) is 3.23. The van der Waals surface area contributed by atoms with Gasteiger partial charge >= 0.3 is 0 Å². The van der Waals surface area contributed by atoms with E-state index in [4.69, 9.17) is 5.73 Å². The number of anilines is 2. The van der Waals surface area contributed by atoms with Gasteiger partial charge in [-0.3, -0.25) is 0 Å². The van der Waals surface area contributed by atoms with Crippen LogP contribution in [0.4, 0.5) is 11.5 Å². The van der Waals surface area contributed by atoms with Crippen molar-refractivity contribution in [3.63, 3.8) is 0 Å². The summed E-state index contributed by atoms with van der Waals surface area (Å²) in [5.41, 5.74) is 8.12. The largest absolute Gasteiger partial charge is 0.397 e. The summed E-state index contributed by atoms with van der Waals surface area (Å²) in [7, 11) is 0. The van der Waals surface area contributed by atoms with E-state index in [0.717, 1.165) is 30.5 Å². The molecular weight excluding hydrogens is 222 g/mol. The number of pyridine rings is 1. The molecule has 0 radical (unpaired) electrons. The highest BCUT2D eigenvalue weighted by molar-refractivity contribution is 5.52. The van der Waals surface area contributed by atoms with Crippen LogP contribution in [0.15, 0.2) is 12.3 Å². The molecule has 0 saturated carbocycles. The fraction of sp³-hybridized carbons (Fsp3) is 0.667. The van der Waals surface area contributed by atoms with Gasteiger partial charge in [0.25, 0.3) is 0 Å². The molecule has 3 nitrogen and oxygen atoms in total. The summed E-state index contributed by atoms with van der Waals surface area (Å²) in [5.74, 6) is 1.93. The first kappa shape index (κ1) is 13.2. The van der Waals surface area contributed by atoms with E-state index in [1.807, 2.05) is 6.07 Å². The molecule has 2 N–H and O–H groups in total.